The third-order valence-electron chi connectivity index (χ3n) is 4.45. The van der Waals surface area contributed by atoms with Gasteiger partial charge in [0.1, 0.15) is 11.7 Å². The van der Waals surface area contributed by atoms with E-state index in [0.29, 0.717) is 26.0 Å². The molecule has 2 aliphatic heterocycles. The third-order valence-corrected chi connectivity index (χ3v) is 5.91. The highest BCUT2D eigenvalue weighted by atomic mass is 35.5. The number of fused-ring (bicyclic) bond motifs is 2. The van der Waals surface area contributed by atoms with Gasteiger partial charge in [0.2, 0.25) is 0 Å². The lowest BCUT2D eigenvalue weighted by Gasteiger charge is -2.47. The molecule has 1 unspecified atom stereocenters. The number of hydrogen-bond donors (Lipinski definition) is 1. The van der Waals surface area contributed by atoms with Gasteiger partial charge in [0.05, 0.1) is 10.9 Å². The smallest absolute Gasteiger partial charge is 0.407 e. The summed E-state index contributed by atoms with van der Waals surface area (Å²) in [6, 6.07) is 1.87. The molecular weight excluding hydrogens is 314 g/mol. The molecule has 116 valence electrons. The summed E-state index contributed by atoms with van der Waals surface area (Å²) in [5, 5.41) is 9.22. The second-order valence-electron chi connectivity index (χ2n) is 5.64. The van der Waals surface area contributed by atoms with E-state index >= 15 is 0 Å². The quantitative estimate of drug-likeness (QED) is 0.856. The maximum absolute atomic E-state index is 11.2. The van der Waals surface area contributed by atoms with Gasteiger partial charge in [0.25, 0.3) is 0 Å². The molecule has 2 aliphatic rings. The molecule has 1 fully saturated rings. The maximum Gasteiger partial charge on any atom is 0.407 e. The van der Waals surface area contributed by atoms with Gasteiger partial charge in [-0.3, -0.25) is 0 Å². The topological polar surface area (TPSA) is 59.0 Å². The summed E-state index contributed by atoms with van der Waals surface area (Å²) in [4.78, 5) is 13.8. The molecule has 21 heavy (non-hydrogen) atoms. The number of likely N-dealkylation sites (tertiary alicyclic amines) is 1. The van der Waals surface area contributed by atoms with Crippen molar-refractivity contribution >= 4 is 29.0 Å². The standard InChI is InChI=1S/C14H18ClNO4S/c1-8-6-14(3-4-16(8)13(17)18)12-9(5-11(15)21-12)10(19-2)7-20-14/h5,8,10H,3-4,6-7H2,1-2H3,(H,17,18)/t8-,10?,14+/m0/s1. The fraction of sp³-hybridized carbons (Fsp3) is 0.643. The highest BCUT2D eigenvalue weighted by molar-refractivity contribution is 7.16. The zero-order chi connectivity index (χ0) is 15.2. The van der Waals surface area contributed by atoms with Crippen LogP contribution in [0.3, 0.4) is 0 Å². The second-order valence-corrected chi connectivity index (χ2v) is 7.33. The summed E-state index contributed by atoms with van der Waals surface area (Å²) < 4.78 is 12.3. The summed E-state index contributed by atoms with van der Waals surface area (Å²) in [5.41, 5.74) is 0.669. The predicted octanol–water partition coefficient (Wildman–Crippen LogP) is 3.48. The third kappa shape index (κ3) is 2.44. The van der Waals surface area contributed by atoms with Gasteiger partial charge in [-0.25, -0.2) is 4.79 Å². The van der Waals surface area contributed by atoms with Crippen LogP contribution in [-0.2, 0) is 15.1 Å². The molecule has 1 spiro atoms. The van der Waals surface area contributed by atoms with Gasteiger partial charge >= 0.3 is 6.09 Å². The number of amides is 1. The Morgan fingerprint density at radius 3 is 3.05 bits per heavy atom. The van der Waals surface area contributed by atoms with Gasteiger partial charge < -0.3 is 19.5 Å². The molecular formula is C14H18ClNO4S. The van der Waals surface area contributed by atoms with Crippen molar-refractivity contribution in [1.82, 2.24) is 4.90 Å². The van der Waals surface area contributed by atoms with Crippen LogP contribution in [0.1, 0.15) is 36.3 Å². The van der Waals surface area contributed by atoms with Crippen LogP contribution in [0.2, 0.25) is 4.34 Å². The van der Waals surface area contributed by atoms with Crippen LogP contribution < -0.4 is 0 Å². The number of thiophene rings is 1. The van der Waals surface area contributed by atoms with Gasteiger partial charge in [-0.15, -0.1) is 11.3 Å². The van der Waals surface area contributed by atoms with E-state index in [4.69, 9.17) is 21.1 Å². The largest absolute Gasteiger partial charge is 0.465 e. The van der Waals surface area contributed by atoms with Crippen molar-refractivity contribution in [3.63, 3.8) is 0 Å². The van der Waals surface area contributed by atoms with Gasteiger partial charge in [-0.1, -0.05) is 11.6 Å². The Labute approximate surface area is 132 Å². The lowest BCUT2D eigenvalue weighted by atomic mass is 9.82. The van der Waals surface area contributed by atoms with Crippen LogP contribution in [0.4, 0.5) is 4.79 Å². The van der Waals surface area contributed by atoms with Crippen LogP contribution in [0, 0.1) is 0 Å². The van der Waals surface area contributed by atoms with Crippen molar-refractivity contribution in [2.75, 3.05) is 20.3 Å². The molecule has 1 saturated heterocycles. The van der Waals surface area contributed by atoms with E-state index in [1.165, 1.54) is 16.2 Å². The number of carbonyl (C=O) groups is 1. The number of nitrogens with zero attached hydrogens (tertiary/aromatic N) is 1. The molecule has 0 aliphatic carbocycles. The molecule has 7 heteroatoms. The van der Waals surface area contributed by atoms with Gasteiger partial charge in [-0.2, -0.15) is 0 Å². The number of hydrogen-bond acceptors (Lipinski definition) is 4. The van der Waals surface area contributed by atoms with Crippen LogP contribution in [0.15, 0.2) is 6.07 Å². The fourth-order valence-electron chi connectivity index (χ4n) is 3.39. The minimum absolute atomic E-state index is 0.0796. The molecule has 1 aromatic rings. The molecule has 3 atom stereocenters. The molecule has 0 aromatic carbocycles. The molecule has 0 saturated carbocycles. The van der Waals surface area contributed by atoms with E-state index in [0.717, 1.165) is 14.8 Å². The number of methoxy groups -OCH3 is 1. The van der Waals surface area contributed by atoms with E-state index in [1.807, 2.05) is 13.0 Å². The van der Waals surface area contributed by atoms with Crippen LogP contribution in [-0.4, -0.2) is 42.4 Å². The first kappa shape index (κ1) is 15.1. The average Bonchev–Trinajstić information content (AvgIpc) is 2.82. The molecule has 0 radical (unpaired) electrons. The lowest BCUT2D eigenvalue weighted by molar-refractivity contribution is -0.140. The number of rotatable bonds is 1. The Morgan fingerprint density at radius 1 is 1.67 bits per heavy atom. The highest BCUT2D eigenvalue weighted by Crippen LogP contribution is 2.50. The first-order valence-electron chi connectivity index (χ1n) is 6.93. The van der Waals surface area contributed by atoms with Gasteiger partial charge in [0, 0.05) is 36.6 Å². The molecule has 5 nitrogen and oxygen atoms in total. The van der Waals surface area contributed by atoms with Crippen LogP contribution in [0.25, 0.3) is 0 Å². The summed E-state index contributed by atoms with van der Waals surface area (Å²) in [5.74, 6) is 0. The van der Waals surface area contributed by atoms with Crippen molar-refractivity contribution in [3.05, 3.63) is 20.8 Å². The van der Waals surface area contributed by atoms with Crippen LogP contribution >= 0.6 is 22.9 Å². The molecule has 1 amide bonds. The average molecular weight is 332 g/mol. The Hall–Kier alpha value is -0.820. The molecule has 3 heterocycles. The second kappa shape index (κ2) is 5.43. The number of piperidine rings is 1. The minimum Gasteiger partial charge on any atom is -0.465 e. The van der Waals surface area contributed by atoms with Crippen molar-refractivity contribution in [2.45, 2.75) is 37.5 Å². The van der Waals surface area contributed by atoms with E-state index < -0.39 is 11.7 Å². The SMILES string of the molecule is COC1CO[C@@]2(CCN(C(=O)O)[C@@H](C)C2)c2sc(Cl)cc21. The minimum atomic E-state index is -0.868. The predicted molar refractivity (Wildman–Crippen MR) is 80.1 cm³/mol. The van der Waals surface area contributed by atoms with E-state index in [1.54, 1.807) is 7.11 Å². The van der Waals surface area contributed by atoms with E-state index in [-0.39, 0.29) is 12.1 Å². The number of halogens is 1. The Balaban J connectivity index is 1.94. The van der Waals surface area contributed by atoms with E-state index in [9.17, 15) is 9.90 Å². The molecule has 1 N–H and O–H groups in total. The first-order valence-corrected chi connectivity index (χ1v) is 8.12. The Bertz CT molecular complexity index is 563. The zero-order valence-electron chi connectivity index (χ0n) is 12.0. The molecule has 0 bridgehead atoms. The number of carboxylic acid groups (broad SMARTS) is 1. The van der Waals surface area contributed by atoms with Crippen molar-refractivity contribution < 1.29 is 19.4 Å². The summed E-state index contributed by atoms with van der Waals surface area (Å²) in [7, 11) is 1.66. The fourth-order valence-corrected chi connectivity index (χ4v) is 4.86. The Kier molecular flexibility index (Phi) is 3.90. The van der Waals surface area contributed by atoms with Gasteiger partial charge in [0.15, 0.2) is 0 Å². The van der Waals surface area contributed by atoms with Crippen LogP contribution in [0.5, 0.6) is 0 Å². The summed E-state index contributed by atoms with van der Waals surface area (Å²) in [6.45, 7) is 2.88. The molecule has 3 rings (SSSR count). The van der Waals surface area contributed by atoms with Gasteiger partial charge in [-0.05, 0) is 19.4 Å². The normalized spacial score (nSPS) is 32.2. The van der Waals surface area contributed by atoms with Crippen molar-refractivity contribution in [3.8, 4) is 0 Å². The monoisotopic (exact) mass is 331 g/mol. The summed E-state index contributed by atoms with van der Waals surface area (Å²) >= 11 is 7.71. The summed E-state index contributed by atoms with van der Waals surface area (Å²) in [6.07, 6.45) is 0.346. The zero-order valence-corrected chi connectivity index (χ0v) is 13.5. The van der Waals surface area contributed by atoms with Crippen molar-refractivity contribution in [2.24, 2.45) is 0 Å². The lowest BCUT2D eigenvalue weighted by Crippen LogP contribution is -2.52. The first-order chi connectivity index (χ1) is 9.97. The maximum atomic E-state index is 11.2. The highest BCUT2D eigenvalue weighted by Gasteiger charge is 2.48. The van der Waals surface area contributed by atoms with Crippen molar-refractivity contribution in [1.29, 1.82) is 0 Å². The Morgan fingerprint density at radius 2 is 2.43 bits per heavy atom. The van der Waals surface area contributed by atoms with E-state index in [2.05, 4.69) is 0 Å². The number of ether oxygens (including phenoxy) is 2. The molecule has 1 aromatic heterocycles.